The molecule has 4 heteroatoms. The van der Waals surface area contributed by atoms with Crippen molar-refractivity contribution in [1.29, 1.82) is 0 Å². The largest absolute Gasteiger partial charge is 0.492 e. The first-order chi connectivity index (χ1) is 8.57. The van der Waals surface area contributed by atoms with E-state index in [4.69, 9.17) is 4.74 Å². The zero-order valence-electron chi connectivity index (χ0n) is 11.3. The molecule has 0 unspecified atom stereocenters. The predicted octanol–water partition coefficient (Wildman–Crippen LogP) is 2.60. The van der Waals surface area contributed by atoms with Crippen molar-refractivity contribution < 1.29 is 14.6 Å². The SMILES string of the molecule is CCCOc1cncc(C(=O)C(O)(CC)CC)c1. The van der Waals surface area contributed by atoms with E-state index in [2.05, 4.69) is 4.98 Å². The lowest BCUT2D eigenvalue weighted by molar-refractivity contribution is 0.0277. The van der Waals surface area contributed by atoms with Gasteiger partial charge in [0.2, 0.25) is 0 Å². The van der Waals surface area contributed by atoms with E-state index in [-0.39, 0.29) is 5.78 Å². The average Bonchev–Trinajstić information content (AvgIpc) is 2.43. The van der Waals surface area contributed by atoms with E-state index in [1.54, 1.807) is 26.1 Å². The maximum atomic E-state index is 12.2. The summed E-state index contributed by atoms with van der Waals surface area (Å²) < 4.78 is 5.43. The van der Waals surface area contributed by atoms with E-state index in [9.17, 15) is 9.90 Å². The van der Waals surface area contributed by atoms with Crippen molar-refractivity contribution in [3.8, 4) is 5.75 Å². The topological polar surface area (TPSA) is 59.4 Å². The lowest BCUT2D eigenvalue weighted by Gasteiger charge is -2.23. The van der Waals surface area contributed by atoms with Crippen LogP contribution in [0.1, 0.15) is 50.4 Å². The molecule has 0 aromatic carbocycles. The molecule has 1 aromatic rings. The molecule has 0 atom stereocenters. The summed E-state index contributed by atoms with van der Waals surface area (Å²) in [6, 6.07) is 1.64. The molecule has 1 heterocycles. The quantitative estimate of drug-likeness (QED) is 0.757. The molecule has 1 N–H and O–H groups in total. The maximum absolute atomic E-state index is 12.2. The molecule has 0 amide bonds. The molecule has 0 aliphatic heterocycles. The second-order valence-corrected chi connectivity index (χ2v) is 4.33. The number of rotatable bonds is 7. The molecule has 0 saturated heterocycles. The number of aliphatic hydroxyl groups is 1. The highest BCUT2D eigenvalue weighted by molar-refractivity contribution is 6.02. The molecule has 0 bridgehead atoms. The number of ketones is 1. The fourth-order valence-electron chi connectivity index (χ4n) is 1.68. The number of hydrogen-bond donors (Lipinski definition) is 1. The first-order valence-electron chi connectivity index (χ1n) is 6.42. The molecule has 0 radical (unpaired) electrons. The summed E-state index contributed by atoms with van der Waals surface area (Å²) in [5, 5.41) is 10.2. The van der Waals surface area contributed by atoms with Gasteiger partial charge in [-0.05, 0) is 25.3 Å². The Morgan fingerprint density at radius 3 is 2.56 bits per heavy atom. The smallest absolute Gasteiger partial charge is 0.195 e. The standard InChI is InChI=1S/C14H21NO3/c1-4-7-18-12-8-11(9-15-10-12)13(16)14(17,5-2)6-3/h8-10,17H,4-7H2,1-3H3. The van der Waals surface area contributed by atoms with Crippen molar-refractivity contribution in [2.75, 3.05) is 6.61 Å². The molecular weight excluding hydrogens is 230 g/mol. The Morgan fingerprint density at radius 2 is 2.00 bits per heavy atom. The molecule has 18 heavy (non-hydrogen) atoms. The summed E-state index contributed by atoms with van der Waals surface area (Å²) in [6.45, 7) is 6.19. The highest BCUT2D eigenvalue weighted by atomic mass is 16.5. The van der Waals surface area contributed by atoms with Gasteiger partial charge in [0.05, 0.1) is 12.8 Å². The Morgan fingerprint density at radius 1 is 1.33 bits per heavy atom. The van der Waals surface area contributed by atoms with E-state index >= 15 is 0 Å². The fraction of sp³-hybridized carbons (Fsp3) is 0.571. The molecule has 0 aliphatic carbocycles. The molecule has 0 aliphatic rings. The van der Waals surface area contributed by atoms with Crippen LogP contribution >= 0.6 is 0 Å². The molecular formula is C14H21NO3. The lowest BCUT2D eigenvalue weighted by Crippen LogP contribution is -2.37. The Kier molecular flexibility index (Phi) is 5.28. The van der Waals surface area contributed by atoms with E-state index in [0.29, 0.717) is 30.8 Å². The minimum Gasteiger partial charge on any atom is -0.492 e. The van der Waals surface area contributed by atoms with E-state index in [0.717, 1.165) is 6.42 Å². The molecule has 0 saturated carbocycles. The van der Waals surface area contributed by atoms with Crippen LogP contribution in [0.5, 0.6) is 5.75 Å². The zero-order valence-corrected chi connectivity index (χ0v) is 11.3. The summed E-state index contributed by atoms with van der Waals surface area (Å²) in [5.74, 6) is 0.277. The number of aromatic nitrogens is 1. The van der Waals surface area contributed by atoms with Crippen molar-refractivity contribution in [3.05, 3.63) is 24.0 Å². The second-order valence-electron chi connectivity index (χ2n) is 4.33. The summed E-state index contributed by atoms with van der Waals surface area (Å²) in [4.78, 5) is 16.2. The molecule has 1 aromatic heterocycles. The molecule has 4 nitrogen and oxygen atoms in total. The van der Waals surface area contributed by atoms with Gasteiger partial charge in [-0.15, -0.1) is 0 Å². The van der Waals surface area contributed by atoms with E-state index in [1.807, 2.05) is 6.92 Å². The predicted molar refractivity (Wildman–Crippen MR) is 69.9 cm³/mol. The van der Waals surface area contributed by atoms with E-state index in [1.165, 1.54) is 6.20 Å². The van der Waals surface area contributed by atoms with Crippen LogP contribution in [0.15, 0.2) is 18.5 Å². The van der Waals surface area contributed by atoms with Crippen LogP contribution in [0.2, 0.25) is 0 Å². The van der Waals surface area contributed by atoms with Crippen molar-refractivity contribution in [1.82, 2.24) is 4.98 Å². The van der Waals surface area contributed by atoms with E-state index < -0.39 is 5.60 Å². The van der Waals surface area contributed by atoms with Crippen LogP contribution in [-0.4, -0.2) is 28.1 Å². The Bertz CT molecular complexity index is 400. The van der Waals surface area contributed by atoms with Gasteiger partial charge in [-0.1, -0.05) is 20.8 Å². The third-order valence-corrected chi connectivity index (χ3v) is 3.04. The number of carbonyl (C=O) groups excluding carboxylic acids is 1. The third kappa shape index (κ3) is 3.29. The van der Waals surface area contributed by atoms with Gasteiger partial charge in [0.25, 0.3) is 0 Å². The number of ether oxygens (including phenoxy) is 1. The average molecular weight is 251 g/mol. The Balaban J connectivity index is 2.92. The van der Waals surface area contributed by atoms with Crippen molar-refractivity contribution in [3.63, 3.8) is 0 Å². The van der Waals surface area contributed by atoms with Crippen LogP contribution in [0.4, 0.5) is 0 Å². The van der Waals surface area contributed by atoms with Crippen LogP contribution in [0.25, 0.3) is 0 Å². The fourth-order valence-corrected chi connectivity index (χ4v) is 1.68. The zero-order chi connectivity index (χ0) is 13.6. The third-order valence-electron chi connectivity index (χ3n) is 3.04. The number of nitrogens with zero attached hydrogens (tertiary/aromatic N) is 1. The van der Waals surface area contributed by atoms with Crippen molar-refractivity contribution in [2.24, 2.45) is 0 Å². The van der Waals surface area contributed by atoms with Crippen LogP contribution < -0.4 is 4.74 Å². The van der Waals surface area contributed by atoms with Crippen LogP contribution in [-0.2, 0) is 0 Å². The van der Waals surface area contributed by atoms with Crippen LogP contribution in [0.3, 0.4) is 0 Å². The number of pyridine rings is 1. The van der Waals surface area contributed by atoms with Gasteiger partial charge in [-0.2, -0.15) is 0 Å². The Labute approximate surface area is 108 Å². The van der Waals surface area contributed by atoms with Gasteiger partial charge < -0.3 is 9.84 Å². The van der Waals surface area contributed by atoms with Gasteiger partial charge in [0, 0.05) is 11.8 Å². The lowest BCUT2D eigenvalue weighted by atomic mass is 9.89. The summed E-state index contributed by atoms with van der Waals surface area (Å²) in [7, 11) is 0. The van der Waals surface area contributed by atoms with Crippen molar-refractivity contribution in [2.45, 2.75) is 45.6 Å². The van der Waals surface area contributed by atoms with Crippen LogP contribution in [0, 0.1) is 0 Å². The minimum atomic E-state index is -1.30. The number of carbonyl (C=O) groups is 1. The molecule has 0 spiro atoms. The Hall–Kier alpha value is -1.42. The van der Waals surface area contributed by atoms with Gasteiger partial charge in [0.1, 0.15) is 11.4 Å². The highest BCUT2D eigenvalue weighted by Crippen LogP contribution is 2.22. The first kappa shape index (κ1) is 14.6. The second kappa shape index (κ2) is 6.50. The monoisotopic (exact) mass is 251 g/mol. The normalized spacial score (nSPS) is 11.3. The number of Topliss-reactive ketones (excluding diaryl/α,β-unsaturated/α-hetero) is 1. The van der Waals surface area contributed by atoms with Gasteiger partial charge in [-0.25, -0.2) is 0 Å². The number of hydrogen-bond acceptors (Lipinski definition) is 4. The highest BCUT2D eigenvalue weighted by Gasteiger charge is 2.32. The maximum Gasteiger partial charge on any atom is 0.195 e. The molecule has 0 fully saturated rings. The summed E-state index contributed by atoms with van der Waals surface area (Å²) >= 11 is 0. The summed E-state index contributed by atoms with van der Waals surface area (Å²) in [5.41, 5.74) is -0.903. The van der Waals surface area contributed by atoms with Gasteiger partial charge >= 0.3 is 0 Å². The van der Waals surface area contributed by atoms with Gasteiger partial charge in [-0.3, -0.25) is 9.78 Å². The van der Waals surface area contributed by atoms with Crippen molar-refractivity contribution >= 4 is 5.78 Å². The first-order valence-corrected chi connectivity index (χ1v) is 6.42. The van der Waals surface area contributed by atoms with Gasteiger partial charge in [0.15, 0.2) is 5.78 Å². The summed E-state index contributed by atoms with van der Waals surface area (Å²) in [6.07, 6.45) is 4.72. The molecule has 100 valence electrons. The molecule has 1 rings (SSSR count). The minimum absolute atomic E-state index is 0.290.